The Kier molecular flexibility index (Phi) is 5.37. The van der Waals surface area contributed by atoms with Crippen LogP contribution in [0.1, 0.15) is 17.7 Å². The smallest absolute Gasteiger partial charge is 0.308 e. The molecule has 0 unspecified atom stereocenters. The largest absolute Gasteiger partial charge is 0.481 e. The van der Waals surface area contributed by atoms with Crippen molar-refractivity contribution in [1.29, 1.82) is 0 Å². The van der Waals surface area contributed by atoms with E-state index in [0.717, 1.165) is 24.2 Å². The molecule has 1 fully saturated rings. The first-order valence-electron chi connectivity index (χ1n) is 6.74. The lowest BCUT2D eigenvalue weighted by Crippen LogP contribution is -2.33. The second kappa shape index (κ2) is 6.87. The van der Waals surface area contributed by atoms with Crippen LogP contribution < -0.4 is 0 Å². The fourth-order valence-electron chi connectivity index (χ4n) is 2.29. The van der Waals surface area contributed by atoms with Gasteiger partial charge in [-0.15, -0.1) is 11.3 Å². The van der Waals surface area contributed by atoms with Gasteiger partial charge in [-0.25, -0.2) is 8.42 Å². The van der Waals surface area contributed by atoms with Gasteiger partial charge in [0.15, 0.2) is 0 Å². The molecule has 0 bridgehead atoms. The predicted molar refractivity (Wildman–Crippen MR) is 79.0 cm³/mol. The molecule has 1 N–H and O–H groups in total. The predicted octanol–water partition coefficient (Wildman–Crippen LogP) is 1.42. The molecule has 1 aromatic rings. The maximum atomic E-state index is 12.5. The van der Waals surface area contributed by atoms with Crippen LogP contribution in [-0.2, 0) is 26.0 Å². The van der Waals surface area contributed by atoms with Gasteiger partial charge in [-0.3, -0.25) is 4.79 Å². The Balaban J connectivity index is 2.05. The molecule has 1 aliphatic heterocycles. The number of thiophene rings is 1. The van der Waals surface area contributed by atoms with Crippen LogP contribution >= 0.6 is 11.3 Å². The molecule has 0 aliphatic carbocycles. The third-order valence-electron chi connectivity index (χ3n) is 3.48. The lowest BCUT2D eigenvalue weighted by molar-refractivity contribution is -0.136. The Morgan fingerprint density at radius 1 is 1.43 bits per heavy atom. The SMILES string of the molecule is CN(CC1CCOCC1)S(=O)(=O)c1ccc(CC(=O)O)s1. The number of sulfonamides is 1. The average molecular weight is 333 g/mol. The van der Waals surface area contributed by atoms with Crippen molar-refractivity contribution in [1.82, 2.24) is 4.31 Å². The average Bonchev–Trinajstić information content (AvgIpc) is 2.88. The molecule has 118 valence electrons. The topological polar surface area (TPSA) is 83.9 Å². The van der Waals surface area contributed by atoms with Crippen LogP contribution in [0.3, 0.4) is 0 Å². The Bertz CT molecular complexity index is 589. The third-order valence-corrected chi connectivity index (χ3v) is 6.86. The lowest BCUT2D eigenvalue weighted by atomic mass is 10.0. The molecular formula is C13H19NO5S2. The minimum Gasteiger partial charge on any atom is -0.481 e. The molecule has 21 heavy (non-hydrogen) atoms. The number of aliphatic carboxylic acids is 1. The van der Waals surface area contributed by atoms with Gasteiger partial charge in [0.1, 0.15) is 4.21 Å². The summed E-state index contributed by atoms with van der Waals surface area (Å²) in [5.74, 6) is -0.645. The van der Waals surface area contributed by atoms with E-state index in [2.05, 4.69) is 0 Å². The van der Waals surface area contributed by atoms with Gasteiger partial charge < -0.3 is 9.84 Å². The molecule has 1 saturated heterocycles. The Hall–Kier alpha value is -0.960. The van der Waals surface area contributed by atoms with E-state index in [0.29, 0.717) is 30.6 Å². The van der Waals surface area contributed by atoms with Crippen LogP contribution in [0.25, 0.3) is 0 Å². The van der Waals surface area contributed by atoms with E-state index in [1.54, 1.807) is 13.1 Å². The first-order chi connectivity index (χ1) is 9.89. The van der Waals surface area contributed by atoms with Gasteiger partial charge in [-0.2, -0.15) is 4.31 Å². The van der Waals surface area contributed by atoms with E-state index in [1.807, 2.05) is 0 Å². The maximum absolute atomic E-state index is 12.5. The summed E-state index contributed by atoms with van der Waals surface area (Å²) in [6, 6.07) is 3.05. The summed E-state index contributed by atoms with van der Waals surface area (Å²) >= 11 is 1.02. The van der Waals surface area contributed by atoms with Gasteiger partial charge in [0.2, 0.25) is 0 Å². The minimum atomic E-state index is -3.54. The van der Waals surface area contributed by atoms with Crippen LogP contribution in [0.4, 0.5) is 0 Å². The molecular weight excluding hydrogens is 314 g/mol. The van der Waals surface area contributed by atoms with Crippen molar-refractivity contribution in [2.24, 2.45) is 5.92 Å². The fraction of sp³-hybridized carbons (Fsp3) is 0.615. The standard InChI is InChI=1S/C13H19NO5S2/c1-14(9-10-4-6-19-7-5-10)21(17,18)13-3-2-11(20-13)8-12(15)16/h2-3,10H,4-9H2,1H3,(H,15,16). The summed E-state index contributed by atoms with van der Waals surface area (Å²) in [6.07, 6.45) is 1.59. The molecule has 0 atom stereocenters. The normalized spacial score (nSPS) is 17.2. The molecule has 1 aromatic heterocycles. The van der Waals surface area contributed by atoms with Crippen LogP contribution in [0.15, 0.2) is 16.3 Å². The Morgan fingerprint density at radius 3 is 2.71 bits per heavy atom. The summed E-state index contributed by atoms with van der Waals surface area (Å²) in [7, 11) is -1.96. The molecule has 0 spiro atoms. The van der Waals surface area contributed by atoms with Crippen molar-refractivity contribution >= 4 is 27.3 Å². The molecule has 0 aromatic carbocycles. The highest BCUT2D eigenvalue weighted by atomic mass is 32.2. The summed E-state index contributed by atoms with van der Waals surface area (Å²) in [5, 5.41) is 8.74. The van der Waals surface area contributed by atoms with E-state index in [4.69, 9.17) is 9.84 Å². The van der Waals surface area contributed by atoms with Gasteiger partial charge >= 0.3 is 5.97 Å². The van der Waals surface area contributed by atoms with Crippen molar-refractivity contribution in [2.75, 3.05) is 26.8 Å². The number of carbonyl (C=O) groups is 1. The van der Waals surface area contributed by atoms with Crippen molar-refractivity contribution in [3.63, 3.8) is 0 Å². The molecule has 1 aliphatic rings. The highest BCUT2D eigenvalue weighted by Crippen LogP contribution is 2.26. The number of ether oxygens (including phenoxy) is 1. The first-order valence-corrected chi connectivity index (χ1v) is 9.00. The number of rotatable bonds is 6. The van der Waals surface area contributed by atoms with E-state index in [9.17, 15) is 13.2 Å². The molecule has 0 radical (unpaired) electrons. The van der Waals surface area contributed by atoms with E-state index >= 15 is 0 Å². The summed E-state index contributed by atoms with van der Waals surface area (Å²) in [4.78, 5) is 11.2. The second-order valence-electron chi connectivity index (χ2n) is 5.13. The van der Waals surface area contributed by atoms with E-state index < -0.39 is 16.0 Å². The number of hydrogen-bond acceptors (Lipinski definition) is 5. The number of carboxylic acid groups (broad SMARTS) is 1. The molecule has 0 saturated carbocycles. The highest BCUT2D eigenvalue weighted by molar-refractivity contribution is 7.91. The summed E-state index contributed by atoms with van der Waals surface area (Å²) < 4.78 is 31.8. The first kappa shape index (κ1) is 16.4. The zero-order chi connectivity index (χ0) is 15.5. The molecule has 0 amide bonds. The summed E-state index contributed by atoms with van der Waals surface area (Å²) in [6.45, 7) is 1.83. The number of nitrogens with zero attached hydrogens (tertiary/aromatic N) is 1. The minimum absolute atomic E-state index is 0.149. The van der Waals surface area contributed by atoms with Gasteiger partial charge in [0, 0.05) is 31.7 Å². The van der Waals surface area contributed by atoms with Crippen LogP contribution in [-0.4, -0.2) is 50.6 Å². The van der Waals surface area contributed by atoms with Crippen molar-refractivity contribution < 1.29 is 23.1 Å². The van der Waals surface area contributed by atoms with Crippen molar-refractivity contribution in [3.8, 4) is 0 Å². The lowest BCUT2D eigenvalue weighted by Gasteiger charge is -2.26. The maximum Gasteiger partial charge on any atom is 0.308 e. The number of carboxylic acids is 1. The molecule has 2 heterocycles. The van der Waals surface area contributed by atoms with Gasteiger partial charge in [0.25, 0.3) is 10.0 Å². The zero-order valence-corrected chi connectivity index (χ0v) is 13.5. The van der Waals surface area contributed by atoms with Crippen LogP contribution in [0.2, 0.25) is 0 Å². The monoisotopic (exact) mass is 333 g/mol. The second-order valence-corrected chi connectivity index (χ2v) is 8.57. The van der Waals surface area contributed by atoms with Gasteiger partial charge in [0.05, 0.1) is 6.42 Å². The Morgan fingerprint density at radius 2 is 2.10 bits per heavy atom. The summed E-state index contributed by atoms with van der Waals surface area (Å²) in [5.41, 5.74) is 0. The Labute approximate surface area is 128 Å². The van der Waals surface area contributed by atoms with Crippen LogP contribution in [0.5, 0.6) is 0 Å². The fourth-order valence-corrected chi connectivity index (χ4v) is 5.09. The van der Waals surface area contributed by atoms with Crippen molar-refractivity contribution in [3.05, 3.63) is 17.0 Å². The molecule has 6 nitrogen and oxygen atoms in total. The zero-order valence-electron chi connectivity index (χ0n) is 11.8. The molecule has 8 heteroatoms. The van der Waals surface area contributed by atoms with Gasteiger partial charge in [-0.05, 0) is 30.9 Å². The molecule has 2 rings (SSSR count). The third kappa shape index (κ3) is 4.26. The highest BCUT2D eigenvalue weighted by Gasteiger charge is 2.26. The van der Waals surface area contributed by atoms with Crippen LogP contribution in [0, 0.1) is 5.92 Å². The van der Waals surface area contributed by atoms with Crippen molar-refractivity contribution in [2.45, 2.75) is 23.5 Å². The quantitative estimate of drug-likeness (QED) is 0.851. The van der Waals surface area contributed by atoms with Gasteiger partial charge in [-0.1, -0.05) is 0 Å². The van der Waals surface area contributed by atoms with E-state index in [-0.39, 0.29) is 10.6 Å². The number of hydrogen-bond donors (Lipinski definition) is 1. The van der Waals surface area contributed by atoms with E-state index in [1.165, 1.54) is 10.4 Å².